The zero-order valence-electron chi connectivity index (χ0n) is 11.6. The van der Waals surface area contributed by atoms with Crippen LogP contribution < -0.4 is 5.32 Å². The molecule has 1 fully saturated rings. The molecular weight excluding hydrogens is 194 g/mol. The molecule has 0 saturated heterocycles. The van der Waals surface area contributed by atoms with Crippen LogP contribution in [0, 0.1) is 11.8 Å². The summed E-state index contributed by atoms with van der Waals surface area (Å²) < 4.78 is 0. The largest absolute Gasteiger partial charge is 0.313 e. The van der Waals surface area contributed by atoms with Gasteiger partial charge in [-0.15, -0.1) is 0 Å². The van der Waals surface area contributed by atoms with E-state index in [1.807, 2.05) is 0 Å². The zero-order chi connectivity index (χ0) is 11.8. The van der Waals surface area contributed by atoms with Gasteiger partial charge in [0, 0.05) is 6.04 Å². The van der Waals surface area contributed by atoms with Crippen molar-refractivity contribution in [2.24, 2.45) is 11.8 Å². The van der Waals surface area contributed by atoms with Crippen LogP contribution in [0.2, 0.25) is 0 Å². The maximum Gasteiger partial charge on any atom is 0.0124 e. The molecule has 1 aliphatic carbocycles. The standard InChI is InChI=1S/C15H31N/c1-4-8-13(9-5-2)15(16-12-6-3)14-10-7-11-14/h13-16H,4-12H2,1-3H3. The van der Waals surface area contributed by atoms with Gasteiger partial charge in [0.15, 0.2) is 0 Å². The third-order valence-electron chi connectivity index (χ3n) is 4.11. The minimum atomic E-state index is 0.827. The van der Waals surface area contributed by atoms with Crippen molar-refractivity contribution in [3.05, 3.63) is 0 Å². The van der Waals surface area contributed by atoms with Gasteiger partial charge in [0.25, 0.3) is 0 Å². The average Bonchev–Trinajstić information content (AvgIpc) is 2.21. The van der Waals surface area contributed by atoms with Gasteiger partial charge < -0.3 is 5.32 Å². The molecule has 0 spiro atoms. The normalized spacial score (nSPS) is 18.8. The number of nitrogens with one attached hydrogen (secondary N) is 1. The Morgan fingerprint density at radius 3 is 2.00 bits per heavy atom. The highest BCUT2D eigenvalue weighted by atomic mass is 14.9. The molecule has 1 nitrogen and oxygen atoms in total. The van der Waals surface area contributed by atoms with Gasteiger partial charge in [-0.25, -0.2) is 0 Å². The molecule has 1 atom stereocenters. The first kappa shape index (κ1) is 14.0. The van der Waals surface area contributed by atoms with E-state index < -0.39 is 0 Å². The summed E-state index contributed by atoms with van der Waals surface area (Å²) in [6.07, 6.45) is 11.2. The Balaban J connectivity index is 2.47. The first-order chi connectivity index (χ1) is 7.83. The lowest BCUT2D eigenvalue weighted by Crippen LogP contribution is -2.45. The SMILES string of the molecule is CCCNC(C(CCC)CCC)C1CCC1. The minimum absolute atomic E-state index is 0.827. The molecule has 1 aliphatic rings. The fourth-order valence-electron chi connectivity index (χ4n) is 3.07. The van der Waals surface area contributed by atoms with Crippen LogP contribution in [0.4, 0.5) is 0 Å². The highest BCUT2D eigenvalue weighted by Gasteiger charge is 2.31. The second kappa shape index (κ2) is 8.11. The fourth-order valence-corrected chi connectivity index (χ4v) is 3.07. The van der Waals surface area contributed by atoms with Gasteiger partial charge in [0.05, 0.1) is 0 Å². The van der Waals surface area contributed by atoms with Gasteiger partial charge in [-0.05, 0) is 50.5 Å². The molecule has 1 N–H and O–H groups in total. The van der Waals surface area contributed by atoms with Crippen molar-refractivity contribution in [2.75, 3.05) is 6.54 Å². The third kappa shape index (κ3) is 4.08. The molecule has 0 radical (unpaired) electrons. The van der Waals surface area contributed by atoms with Crippen molar-refractivity contribution in [3.8, 4) is 0 Å². The van der Waals surface area contributed by atoms with E-state index in [9.17, 15) is 0 Å². The molecule has 1 saturated carbocycles. The Hall–Kier alpha value is -0.0400. The van der Waals surface area contributed by atoms with Crippen LogP contribution in [0.5, 0.6) is 0 Å². The molecule has 0 amide bonds. The molecule has 16 heavy (non-hydrogen) atoms. The molecule has 1 heteroatoms. The van der Waals surface area contributed by atoms with Crippen molar-refractivity contribution in [1.82, 2.24) is 5.32 Å². The second-order valence-corrected chi connectivity index (χ2v) is 5.51. The smallest absolute Gasteiger partial charge is 0.0124 e. The van der Waals surface area contributed by atoms with Crippen molar-refractivity contribution in [2.45, 2.75) is 78.2 Å². The lowest BCUT2D eigenvalue weighted by Gasteiger charge is -2.39. The van der Waals surface area contributed by atoms with E-state index >= 15 is 0 Å². The van der Waals surface area contributed by atoms with E-state index in [0.717, 1.165) is 17.9 Å². The quantitative estimate of drug-likeness (QED) is 0.614. The number of hydrogen-bond donors (Lipinski definition) is 1. The summed E-state index contributed by atoms with van der Waals surface area (Å²) in [5.41, 5.74) is 0. The van der Waals surface area contributed by atoms with Crippen LogP contribution in [0.25, 0.3) is 0 Å². The zero-order valence-corrected chi connectivity index (χ0v) is 11.6. The van der Waals surface area contributed by atoms with Crippen molar-refractivity contribution >= 4 is 0 Å². The van der Waals surface area contributed by atoms with Crippen molar-refractivity contribution < 1.29 is 0 Å². The molecule has 1 rings (SSSR count). The predicted octanol–water partition coefficient (Wildman–Crippen LogP) is 4.37. The highest BCUT2D eigenvalue weighted by molar-refractivity contribution is 4.87. The molecule has 0 aromatic heterocycles. The lowest BCUT2D eigenvalue weighted by atomic mass is 9.72. The Morgan fingerprint density at radius 2 is 1.62 bits per heavy atom. The van der Waals surface area contributed by atoms with E-state index in [0.29, 0.717) is 0 Å². The Bertz CT molecular complexity index is 157. The van der Waals surface area contributed by atoms with E-state index in [4.69, 9.17) is 0 Å². The summed E-state index contributed by atoms with van der Waals surface area (Å²) in [6.45, 7) is 8.16. The van der Waals surface area contributed by atoms with E-state index in [2.05, 4.69) is 26.1 Å². The molecule has 0 aliphatic heterocycles. The summed E-state index contributed by atoms with van der Waals surface area (Å²) in [4.78, 5) is 0. The van der Waals surface area contributed by atoms with Crippen LogP contribution in [-0.2, 0) is 0 Å². The molecule has 0 aromatic carbocycles. The van der Waals surface area contributed by atoms with Crippen molar-refractivity contribution in [1.29, 1.82) is 0 Å². The molecule has 0 aromatic rings. The van der Waals surface area contributed by atoms with Gasteiger partial charge in [0.1, 0.15) is 0 Å². The maximum absolute atomic E-state index is 3.84. The number of rotatable bonds is 9. The molecule has 0 bridgehead atoms. The van der Waals surface area contributed by atoms with Crippen LogP contribution >= 0.6 is 0 Å². The minimum Gasteiger partial charge on any atom is -0.313 e. The number of hydrogen-bond acceptors (Lipinski definition) is 1. The monoisotopic (exact) mass is 225 g/mol. The first-order valence-corrected chi connectivity index (χ1v) is 7.56. The van der Waals surface area contributed by atoms with Crippen LogP contribution in [-0.4, -0.2) is 12.6 Å². The van der Waals surface area contributed by atoms with E-state index in [-0.39, 0.29) is 0 Å². The van der Waals surface area contributed by atoms with Crippen LogP contribution in [0.15, 0.2) is 0 Å². The summed E-state index contributed by atoms with van der Waals surface area (Å²) in [5, 5.41) is 3.84. The van der Waals surface area contributed by atoms with Crippen molar-refractivity contribution in [3.63, 3.8) is 0 Å². The second-order valence-electron chi connectivity index (χ2n) is 5.51. The fraction of sp³-hybridized carbons (Fsp3) is 1.00. The van der Waals surface area contributed by atoms with E-state index in [1.165, 1.54) is 57.9 Å². The summed E-state index contributed by atoms with van der Waals surface area (Å²) >= 11 is 0. The van der Waals surface area contributed by atoms with Crippen LogP contribution in [0.3, 0.4) is 0 Å². The Morgan fingerprint density at radius 1 is 1.00 bits per heavy atom. The Kier molecular flexibility index (Phi) is 7.11. The summed E-state index contributed by atoms with van der Waals surface area (Å²) in [7, 11) is 0. The van der Waals surface area contributed by atoms with E-state index in [1.54, 1.807) is 0 Å². The molecule has 96 valence electrons. The summed E-state index contributed by atoms with van der Waals surface area (Å²) in [5.74, 6) is 1.93. The maximum atomic E-state index is 3.84. The van der Waals surface area contributed by atoms with Gasteiger partial charge in [0.2, 0.25) is 0 Å². The molecule has 0 heterocycles. The van der Waals surface area contributed by atoms with Gasteiger partial charge in [-0.3, -0.25) is 0 Å². The van der Waals surface area contributed by atoms with Gasteiger partial charge in [-0.2, -0.15) is 0 Å². The summed E-state index contributed by atoms with van der Waals surface area (Å²) in [6, 6.07) is 0.827. The average molecular weight is 225 g/mol. The third-order valence-corrected chi connectivity index (χ3v) is 4.11. The van der Waals surface area contributed by atoms with Gasteiger partial charge >= 0.3 is 0 Å². The highest BCUT2D eigenvalue weighted by Crippen LogP contribution is 2.35. The predicted molar refractivity (Wildman–Crippen MR) is 72.7 cm³/mol. The first-order valence-electron chi connectivity index (χ1n) is 7.56. The van der Waals surface area contributed by atoms with Gasteiger partial charge in [-0.1, -0.05) is 40.0 Å². The van der Waals surface area contributed by atoms with Crippen LogP contribution in [0.1, 0.15) is 72.1 Å². The molecular formula is C15H31N. The Labute approximate surface area is 102 Å². The topological polar surface area (TPSA) is 12.0 Å². The lowest BCUT2D eigenvalue weighted by molar-refractivity contribution is 0.160. The molecule has 1 unspecified atom stereocenters.